The summed E-state index contributed by atoms with van der Waals surface area (Å²) in [5, 5.41) is 44.7. The zero-order valence-electron chi connectivity index (χ0n) is 24.2. The van der Waals surface area contributed by atoms with Gasteiger partial charge in [-0.3, -0.25) is 4.79 Å². The van der Waals surface area contributed by atoms with Crippen LogP contribution in [0.4, 0.5) is 10.5 Å². The molecule has 0 spiro atoms. The maximum atomic E-state index is 13.0. The number of hydrogen-bond donors (Lipinski definition) is 6. The van der Waals surface area contributed by atoms with Crippen molar-refractivity contribution < 1.29 is 48.6 Å². The third-order valence-corrected chi connectivity index (χ3v) is 6.94. The smallest absolute Gasteiger partial charge is 0.404 e. The number of aliphatic hydroxyl groups excluding tert-OH is 1. The highest BCUT2D eigenvalue weighted by atomic mass is 16.7. The topological polar surface area (TPSA) is 211 Å². The molecule has 1 aromatic heterocycles. The average molecular weight is 599 g/mol. The highest BCUT2D eigenvalue weighted by molar-refractivity contribution is 6.06. The standard InChI is InChI=1S/C30H34N2O11/c1-13(2)6-7-15-12-16(8-10-18(15)33)26(36)32-20-21(34)17-9-11-19(14(3)23(17)41-27(20)37)40-28-22(35)24(42-29(31)38)25(43-28)30(4,5)39/h6,8-12,22,24-25,28,33-35,39H,7H2,1-5H3,(H2,31,38)(H,32,36)/t22-,24+,25-,28-/m1/s1. The number of allylic oxidation sites excluding steroid dienone is 2. The number of aromatic hydroxyl groups is 2. The van der Waals surface area contributed by atoms with E-state index in [2.05, 4.69) is 5.32 Å². The molecule has 43 heavy (non-hydrogen) atoms. The van der Waals surface area contributed by atoms with Crippen molar-refractivity contribution in [3.05, 3.63) is 69.1 Å². The fraction of sp³-hybridized carbons (Fsp3) is 0.367. The third-order valence-electron chi connectivity index (χ3n) is 6.94. The lowest BCUT2D eigenvalue weighted by atomic mass is 9.96. The molecule has 7 N–H and O–H groups in total. The molecule has 13 nitrogen and oxygen atoms in total. The molecule has 4 rings (SSSR count). The number of aliphatic hydroxyl groups is 2. The van der Waals surface area contributed by atoms with E-state index in [1.54, 1.807) is 0 Å². The van der Waals surface area contributed by atoms with Crippen LogP contribution in [-0.2, 0) is 15.9 Å². The predicted molar refractivity (Wildman–Crippen MR) is 154 cm³/mol. The van der Waals surface area contributed by atoms with E-state index in [1.165, 1.54) is 51.1 Å². The number of phenols is 1. The Labute approximate surface area is 246 Å². The molecule has 2 amide bonds. The summed E-state index contributed by atoms with van der Waals surface area (Å²) in [6.07, 6.45) is -4.39. The van der Waals surface area contributed by atoms with Crippen LogP contribution < -0.4 is 21.4 Å². The first kappa shape index (κ1) is 31.3. The first-order chi connectivity index (χ1) is 20.1. The number of carbonyl (C=O) groups is 2. The minimum Gasteiger partial charge on any atom is -0.508 e. The molecule has 2 heterocycles. The second-order valence-electron chi connectivity index (χ2n) is 11.1. The monoisotopic (exact) mass is 598 g/mol. The normalized spacial score (nSPS) is 20.1. The summed E-state index contributed by atoms with van der Waals surface area (Å²) in [4.78, 5) is 37.2. The number of aryl methyl sites for hydroxylation is 1. The van der Waals surface area contributed by atoms with Gasteiger partial charge in [-0.1, -0.05) is 11.6 Å². The minimum atomic E-state index is -1.55. The van der Waals surface area contributed by atoms with Crippen molar-refractivity contribution in [1.29, 1.82) is 0 Å². The number of benzene rings is 2. The number of ether oxygens (including phenoxy) is 3. The first-order valence-electron chi connectivity index (χ1n) is 13.3. The lowest BCUT2D eigenvalue weighted by Crippen LogP contribution is -2.48. The number of anilines is 1. The summed E-state index contributed by atoms with van der Waals surface area (Å²) < 4.78 is 21.9. The average Bonchev–Trinajstić information content (AvgIpc) is 3.22. The van der Waals surface area contributed by atoms with Crippen molar-refractivity contribution in [2.75, 3.05) is 5.32 Å². The van der Waals surface area contributed by atoms with Gasteiger partial charge in [-0.15, -0.1) is 0 Å². The SMILES string of the molecule is CC(C)=CCc1cc(C(=O)Nc2c(O)c3ccc(O[C@@H]4O[C@@H](C(C)(C)O)[C@@H](OC(N)=O)[C@H]4O)c(C)c3oc2=O)ccc1O. The second kappa shape index (κ2) is 12.0. The summed E-state index contributed by atoms with van der Waals surface area (Å²) in [6.45, 7) is 8.12. The van der Waals surface area contributed by atoms with Crippen molar-refractivity contribution in [3.63, 3.8) is 0 Å². The second-order valence-corrected chi connectivity index (χ2v) is 11.1. The molecule has 2 aromatic carbocycles. The van der Waals surface area contributed by atoms with Gasteiger partial charge in [-0.25, -0.2) is 9.59 Å². The molecule has 4 atom stereocenters. The number of fused-ring (bicyclic) bond motifs is 1. The van der Waals surface area contributed by atoms with Crippen LogP contribution in [0.1, 0.15) is 49.2 Å². The van der Waals surface area contributed by atoms with E-state index in [1.807, 2.05) is 19.9 Å². The lowest BCUT2D eigenvalue weighted by molar-refractivity contribution is -0.154. The van der Waals surface area contributed by atoms with Gasteiger partial charge < -0.3 is 50.1 Å². The number of nitrogens with two attached hydrogens (primary N) is 1. The van der Waals surface area contributed by atoms with Crippen LogP contribution in [0.2, 0.25) is 0 Å². The highest BCUT2D eigenvalue weighted by Gasteiger charge is 2.53. The van der Waals surface area contributed by atoms with Crippen LogP contribution in [0.5, 0.6) is 17.2 Å². The Kier molecular flexibility index (Phi) is 8.71. The van der Waals surface area contributed by atoms with Crippen LogP contribution in [0.15, 0.2) is 51.2 Å². The van der Waals surface area contributed by atoms with Gasteiger partial charge in [0.05, 0.1) is 11.0 Å². The van der Waals surface area contributed by atoms with Gasteiger partial charge in [0.2, 0.25) is 6.29 Å². The largest absolute Gasteiger partial charge is 0.508 e. The highest BCUT2D eigenvalue weighted by Crippen LogP contribution is 2.38. The quantitative estimate of drug-likeness (QED) is 0.164. The zero-order valence-corrected chi connectivity index (χ0v) is 24.2. The number of phenolic OH excluding ortho intramolecular Hbond substituents is 1. The zero-order chi connectivity index (χ0) is 31.8. The van der Waals surface area contributed by atoms with E-state index < -0.39 is 59.3 Å². The van der Waals surface area contributed by atoms with Crippen molar-refractivity contribution in [2.24, 2.45) is 5.73 Å². The van der Waals surface area contributed by atoms with E-state index in [9.17, 15) is 34.8 Å². The van der Waals surface area contributed by atoms with Gasteiger partial charge in [0.25, 0.3) is 5.91 Å². The van der Waals surface area contributed by atoms with Crippen LogP contribution in [0, 0.1) is 6.92 Å². The Morgan fingerprint density at radius 2 is 1.86 bits per heavy atom. The minimum absolute atomic E-state index is 0.0117. The molecule has 3 aromatic rings. The molecule has 13 heteroatoms. The molecule has 1 fully saturated rings. The Morgan fingerprint density at radius 3 is 2.49 bits per heavy atom. The van der Waals surface area contributed by atoms with Gasteiger partial charge in [0.15, 0.2) is 23.6 Å². The number of primary amides is 1. The Morgan fingerprint density at radius 1 is 1.16 bits per heavy atom. The molecule has 0 bridgehead atoms. The van der Waals surface area contributed by atoms with Crippen molar-refractivity contribution >= 4 is 28.7 Å². The molecular formula is C30H34N2O11. The molecule has 0 radical (unpaired) electrons. The molecule has 1 saturated heterocycles. The van der Waals surface area contributed by atoms with Crippen LogP contribution in [0.3, 0.4) is 0 Å². The van der Waals surface area contributed by atoms with E-state index in [0.717, 1.165) is 5.57 Å². The van der Waals surface area contributed by atoms with Crippen molar-refractivity contribution in [3.8, 4) is 17.2 Å². The number of carbonyl (C=O) groups excluding carboxylic acids is 2. The Hall–Kier alpha value is -4.59. The van der Waals surface area contributed by atoms with Crippen LogP contribution in [0.25, 0.3) is 11.0 Å². The fourth-order valence-electron chi connectivity index (χ4n) is 4.69. The van der Waals surface area contributed by atoms with E-state index in [4.69, 9.17) is 24.4 Å². The molecule has 0 saturated carbocycles. The van der Waals surface area contributed by atoms with Gasteiger partial charge in [0.1, 0.15) is 23.2 Å². The van der Waals surface area contributed by atoms with Crippen LogP contribution in [-0.4, -0.2) is 62.6 Å². The summed E-state index contributed by atoms with van der Waals surface area (Å²) in [7, 11) is 0. The first-order valence-corrected chi connectivity index (χ1v) is 13.3. The molecule has 230 valence electrons. The number of amides is 2. The lowest BCUT2D eigenvalue weighted by Gasteiger charge is -2.28. The number of rotatable bonds is 8. The summed E-state index contributed by atoms with van der Waals surface area (Å²) in [5.41, 5.74) is 3.87. The van der Waals surface area contributed by atoms with E-state index in [0.29, 0.717) is 12.0 Å². The van der Waals surface area contributed by atoms with Crippen molar-refractivity contribution in [2.45, 2.75) is 71.2 Å². The van der Waals surface area contributed by atoms with Crippen LogP contribution >= 0.6 is 0 Å². The fourth-order valence-corrected chi connectivity index (χ4v) is 4.69. The third kappa shape index (κ3) is 6.58. The number of hydrogen-bond acceptors (Lipinski definition) is 11. The summed E-state index contributed by atoms with van der Waals surface area (Å²) in [6, 6.07) is 7.02. The van der Waals surface area contributed by atoms with Crippen molar-refractivity contribution in [1.82, 2.24) is 0 Å². The van der Waals surface area contributed by atoms with E-state index in [-0.39, 0.29) is 33.6 Å². The molecule has 1 aliphatic heterocycles. The molecule has 0 aliphatic carbocycles. The predicted octanol–water partition coefficient (Wildman–Crippen LogP) is 2.97. The number of nitrogens with one attached hydrogen (secondary N) is 1. The molecule has 0 unspecified atom stereocenters. The summed E-state index contributed by atoms with van der Waals surface area (Å²) >= 11 is 0. The van der Waals surface area contributed by atoms with Gasteiger partial charge in [-0.05, 0) is 76.9 Å². The van der Waals surface area contributed by atoms with Gasteiger partial charge in [-0.2, -0.15) is 0 Å². The molecule has 1 aliphatic rings. The Balaban J connectivity index is 1.61. The molecular weight excluding hydrogens is 564 g/mol. The maximum absolute atomic E-state index is 13.0. The van der Waals surface area contributed by atoms with E-state index >= 15 is 0 Å². The van der Waals surface area contributed by atoms with Gasteiger partial charge in [0, 0.05) is 11.1 Å². The maximum Gasteiger partial charge on any atom is 0.404 e. The Bertz CT molecular complexity index is 1650. The van der Waals surface area contributed by atoms with Gasteiger partial charge >= 0.3 is 11.7 Å². The summed E-state index contributed by atoms with van der Waals surface area (Å²) in [5.74, 6) is -1.17.